The molecule has 20 heavy (non-hydrogen) atoms. The van der Waals surface area contributed by atoms with Gasteiger partial charge in [0.1, 0.15) is 11.6 Å². The molecule has 1 aromatic heterocycles. The molecule has 2 rings (SSSR count). The first kappa shape index (κ1) is 14.9. The summed E-state index contributed by atoms with van der Waals surface area (Å²) in [5, 5.41) is 0.378. The summed E-state index contributed by atoms with van der Waals surface area (Å²) < 4.78 is 26.6. The summed E-state index contributed by atoms with van der Waals surface area (Å²) in [6.45, 7) is 2.02. The summed E-state index contributed by atoms with van der Waals surface area (Å²) in [6, 6.07) is 3.38. The fourth-order valence-electron chi connectivity index (χ4n) is 1.60. The number of rotatable bonds is 5. The van der Waals surface area contributed by atoms with Crippen molar-refractivity contribution in [3.05, 3.63) is 47.8 Å². The summed E-state index contributed by atoms with van der Waals surface area (Å²) in [5.74, 6) is -0.975. The van der Waals surface area contributed by atoms with Crippen LogP contribution in [0.2, 0.25) is 0 Å². The van der Waals surface area contributed by atoms with E-state index in [2.05, 4.69) is 9.97 Å². The fourth-order valence-corrected chi connectivity index (χ4v) is 2.35. The normalized spacial score (nSPS) is 12.4. The van der Waals surface area contributed by atoms with E-state index in [1.165, 1.54) is 0 Å². The molecule has 6 heteroatoms. The van der Waals surface area contributed by atoms with E-state index in [1.54, 1.807) is 12.4 Å². The van der Waals surface area contributed by atoms with Crippen molar-refractivity contribution in [3.63, 3.8) is 0 Å². The molecule has 2 N–H and O–H groups in total. The molecule has 1 heterocycles. The van der Waals surface area contributed by atoms with Crippen molar-refractivity contribution in [2.45, 2.75) is 35.9 Å². The van der Waals surface area contributed by atoms with Gasteiger partial charge in [0.2, 0.25) is 0 Å². The van der Waals surface area contributed by atoms with Crippen LogP contribution in [0.1, 0.15) is 18.9 Å². The summed E-state index contributed by atoms with van der Waals surface area (Å²) in [4.78, 5) is 8.45. The zero-order valence-corrected chi connectivity index (χ0v) is 11.8. The lowest BCUT2D eigenvalue weighted by molar-refractivity contribution is 0.577. The van der Waals surface area contributed by atoms with Crippen LogP contribution >= 0.6 is 11.8 Å². The van der Waals surface area contributed by atoms with Gasteiger partial charge in [-0.25, -0.2) is 18.7 Å². The lowest BCUT2D eigenvalue weighted by Crippen LogP contribution is -2.21. The van der Waals surface area contributed by atoms with Crippen LogP contribution in [0.5, 0.6) is 0 Å². The minimum absolute atomic E-state index is 0.0813. The Labute approximate surface area is 120 Å². The van der Waals surface area contributed by atoms with E-state index in [4.69, 9.17) is 5.73 Å². The third kappa shape index (κ3) is 3.98. The maximum atomic E-state index is 13.5. The molecule has 0 radical (unpaired) electrons. The fraction of sp³-hybridized carbons (Fsp3) is 0.286. The van der Waals surface area contributed by atoms with Crippen molar-refractivity contribution in [1.29, 1.82) is 0 Å². The quantitative estimate of drug-likeness (QED) is 0.861. The van der Waals surface area contributed by atoms with Gasteiger partial charge in [-0.05, 0) is 48.4 Å². The van der Waals surface area contributed by atoms with Crippen LogP contribution < -0.4 is 5.73 Å². The summed E-state index contributed by atoms with van der Waals surface area (Å²) in [5.41, 5.74) is 6.78. The average Bonchev–Trinajstić information content (AvgIpc) is 2.45. The number of aromatic nitrogens is 2. The minimum atomic E-state index is -0.489. The minimum Gasteiger partial charge on any atom is -0.327 e. The summed E-state index contributed by atoms with van der Waals surface area (Å²) in [6.07, 6.45) is 4.92. The molecular weight excluding hydrogens is 280 g/mol. The average molecular weight is 295 g/mol. The van der Waals surface area contributed by atoms with Gasteiger partial charge in [0.15, 0.2) is 5.16 Å². The first-order valence-electron chi connectivity index (χ1n) is 6.28. The summed E-state index contributed by atoms with van der Waals surface area (Å²) in [7, 11) is 0. The lowest BCUT2D eigenvalue weighted by atomic mass is 10.1. The number of hydrogen-bond donors (Lipinski definition) is 1. The van der Waals surface area contributed by atoms with Crippen LogP contribution in [0.15, 0.2) is 40.6 Å². The highest BCUT2D eigenvalue weighted by Gasteiger charge is 2.08. The first-order chi connectivity index (χ1) is 9.58. The number of nitrogens with two attached hydrogens (primary N) is 1. The van der Waals surface area contributed by atoms with Gasteiger partial charge in [0.25, 0.3) is 0 Å². The second kappa shape index (κ2) is 6.76. The number of hydrogen-bond acceptors (Lipinski definition) is 4. The number of benzene rings is 1. The Morgan fingerprint density at radius 2 is 1.95 bits per heavy atom. The number of halogens is 2. The van der Waals surface area contributed by atoms with Gasteiger partial charge in [0, 0.05) is 18.4 Å². The molecular formula is C14H15F2N3S. The van der Waals surface area contributed by atoms with Crippen LogP contribution in [-0.4, -0.2) is 16.0 Å². The van der Waals surface area contributed by atoms with Gasteiger partial charge in [0.05, 0.1) is 4.90 Å². The highest BCUT2D eigenvalue weighted by atomic mass is 32.2. The Balaban J connectivity index is 2.09. The molecule has 1 aromatic carbocycles. The van der Waals surface area contributed by atoms with Crippen molar-refractivity contribution >= 4 is 11.8 Å². The van der Waals surface area contributed by atoms with Gasteiger partial charge < -0.3 is 5.73 Å². The smallest absolute Gasteiger partial charge is 0.192 e. The predicted octanol–water partition coefficient (Wildman–Crippen LogP) is 3.19. The maximum absolute atomic E-state index is 13.5. The Morgan fingerprint density at radius 3 is 2.60 bits per heavy atom. The molecule has 2 aromatic rings. The van der Waals surface area contributed by atoms with Crippen LogP contribution in [0.4, 0.5) is 8.78 Å². The van der Waals surface area contributed by atoms with E-state index >= 15 is 0 Å². The molecule has 0 bridgehead atoms. The third-order valence-corrected chi connectivity index (χ3v) is 3.72. The topological polar surface area (TPSA) is 51.8 Å². The van der Waals surface area contributed by atoms with Gasteiger partial charge in [-0.1, -0.05) is 6.92 Å². The second-order valence-corrected chi connectivity index (χ2v) is 5.43. The summed E-state index contributed by atoms with van der Waals surface area (Å²) >= 11 is 0.993. The van der Waals surface area contributed by atoms with Crippen LogP contribution in [0.25, 0.3) is 0 Å². The van der Waals surface area contributed by atoms with Crippen molar-refractivity contribution in [1.82, 2.24) is 9.97 Å². The van der Waals surface area contributed by atoms with E-state index in [-0.39, 0.29) is 10.9 Å². The number of nitrogens with zero attached hydrogens (tertiary/aromatic N) is 2. The van der Waals surface area contributed by atoms with E-state index in [0.29, 0.717) is 11.6 Å². The molecule has 1 unspecified atom stereocenters. The van der Waals surface area contributed by atoms with E-state index in [1.807, 2.05) is 6.92 Å². The largest absolute Gasteiger partial charge is 0.327 e. The van der Waals surface area contributed by atoms with Crippen molar-refractivity contribution in [3.8, 4) is 0 Å². The van der Waals surface area contributed by atoms with Gasteiger partial charge in [-0.3, -0.25) is 0 Å². The highest BCUT2D eigenvalue weighted by Crippen LogP contribution is 2.27. The molecule has 0 spiro atoms. The third-order valence-electron chi connectivity index (χ3n) is 2.80. The van der Waals surface area contributed by atoms with Crippen LogP contribution in [0.3, 0.4) is 0 Å². The van der Waals surface area contributed by atoms with Gasteiger partial charge >= 0.3 is 0 Å². The first-order valence-corrected chi connectivity index (χ1v) is 7.09. The lowest BCUT2D eigenvalue weighted by Gasteiger charge is -2.08. The van der Waals surface area contributed by atoms with E-state index in [9.17, 15) is 8.78 Å². The highest BCUT2D eigenvalue weighted by molar-refractivity contribution is 7.99. The molecule has 0 aliphatic rings. The maximum Gasteiger partial charge on any atom is 0.192 e. The monoisotopic (exact) mass is 295 g/mol. The van der Waals surface area contributed by atoms with Crippen LogP contribution in [0, 0.1) is 11.6 Å². The zero-order chi connectivity index (χ0) is 14.5. The molecule has 106 valence electrons. The van der Waals surface area contributed by atoms with Crippen molar-refractivity contribution in [2.24, 2.45) is 5.73 Å². The second-order valence-electron chi connectivity index (χ2n) is 4.42. The van der Waals surface area contributed by atoms with E-state index < -0.39 is 11.6 Å². The Kier molecular flexibility index (Phi) is 5.03. The Bertz CT molecular complexity index is 575. The molecule has 3 nitrogen and oxygen atoms in total. The molecule has 0 aliphatic carbocycles. The van der Waals surface area contributed by atoms with E-state index in [0.717, 1.165) is 41.9 Å². The molecule has 0 amide bonds. The predicted molar refractivity (Wildman–Crippen MR) is 74.5 cm³/mol. The zero-order valence-electron chi connectivity index (χ0n) is 11.0. The van der Waals surface area contributed by atoms with Crippen molar-refractivity contribution < 1.29 is 8.78 Å². The molecule has 0 aliphatic heterocycles. The standard InChI is InChI=1S/C14H15F2N3S/c1-2-11(17)5-9-7-18-14(19-8-9)20-13-6-10(15)3-4-12(13)16/h3-4,6-8,11H,2,5,17H2,1H3. The molecule has 0 saturated carbocycles. The Morgan fingerprint density at radius 1 is 1.25 bits per heavy atom. The van der Waals surface area contributed by atoms with Gasteiger partial charge in [-0.15, -0.1) is 0 Å². The van der Waals surface area contributed by atoms with Crippen LogP contribution in [-0.2, 0) is 6.42 Å². The molecule has 1 atom stereocenters. The van der Waals surface area contributed by atoms with Crippen molar-refractivity contribution in [2.75, 3.05) is 0 Å². The SMILES string of the molecule is CCC(N)Cc1cnc(Sc2cc(F)ccc2F)nc1. The molecule has 0 saturated heterocycles. The Hall–Kier alpha value is -1.53. The van der Waals surface area contributed by atoms with Gasteiger partial charge in [-0.2, -0.15) is 0 Å². The molecule has 0 fully saturated rings.